The van der Waals surface area contributed by atoms with Crippen molar-refractivity contribution in [2.24, 2.45) is 11.7 Å². The zero-order chi connectivity index (χ0) is 11.5. The molecule has 0 spiro atoms. The van der Waals surface area contributed by atoms with Gasteiger partial charge < -0.3 is 15.5 Å². The lowest BCUT2D eigenvalue weighted by Crippen LogP contribution is -2.50. The summed E-state index contributed by atoms with van der Waals surface area (Å²) in [6.45, 7) is 6.99. The van der Waals surface area contributed by atoms with E-state index >= 15 is 0 Å². The first kappa shape index (κ1) is 11.6. The third-order valence-electron chi connectivity index (χ3n) is 3.57. The minimum absolute atomic E-state index is 0.0307. The van der Waals surface area contributed by atoms with Gasteiger partial charge in [-0.25, -0.2) is 0 Å². The van der Waals surface area contributed by atoms with Crippen molar-refractivity contribution in [3.05, 3.63) is 12.2 Å². The number of carbonyl (C=O) groups is 1. The van der Waals surface area contributed by atoms with E-state index in [1.807, 2.05) is 17.1 Å². The quantitative estimate of drug-likeness (QED) is 0.673. The molecule has 0 bridgehead atoms. The molecule has 0 aromatic heterocycles. The van der Waals surface area contributed by atoms with E-state index in [2.05, 4.69) is 11.8 Å². The molecule has 2 aliphatic rings. The van der Waals surface area contributed by atoms with Gasteiger partial charge in [0.05, 0.1) is 5.92 Å². The molecule has 1 saturated heterocycles. The Kier molecular flexibility index (Phi) is 3.61. The van der Waals surface area contributed by atoms with Crippen molar-refractivity contribution in [3.63, 3.8) is 0 Å². The van der Waals surface area contributed by atoms with Gasteiger partial charge in [-0.1, -0.05) is 19.1 Å². The van der Waals surface area contributed by atoms with E-state index in [0.29, 0.717) is 0 Å². The number of hydrogen-bond donors (Lipinski definition) is 1. The average molecular weight is 223 g/mol. The van der Waals surface area contributed by atoms with Crippen molar-refractivity contribution >= 4 is 5.91 Å². The number of amides is 1. The molecule has 0 radical (unpaired) electrons. The Morgan fingerprint density at radius 2 is 2.00 bits per heavy atom. The Morgan fingerprint density at radius 1 is 1.31 bits per heavy atom. The zero-order valence-corrected chi connectivity index (χ0v) is 9.93. The van der Waals surface area contributed by atoms with Gasteiger partial charge in [-0.2, -0.15) is 0 Å². The number of nitrogens with two attached hydrogens (primary N) is 1. The fraction of sp³-hybridized carbons (Fsp3) is 0.750. The molecule has 4 nitrogen and oxygen atoms in total. The zero-order valence-electron chi connectivity index (χ0n) is 9.93. The number of hydrogen-bond acceptors (Lipinski definition) is 3. The van der Waals surface area contributed by atoms with Crippen LogP contribution in [0, 0.1) is 5.92 Å². The molecule has 0 saturated carbocycles. The molecule has 1 amide bonds. The van der Waals surface area contributed by atoms with Gasteiger partial charge in [0.15, 0.2) is 0 Å². The first-order chi connectivity index (χ1) is 7.70. The third kappa shape index (κ3) is 2.44. The van der Waals surface area contributed by atoms with Gasteiger partial charge in [-0.15, -0.1) is 0 Å². The predicted molar refractivity (Wildman–Crippen MR) is 63.9 cm³/mol. The van der Waals surface area contributed by atoms with E-state index in [-0.39, 0.29) is 17.9 Å². The highest BCUT2D eigenvalue weighted by Crippen LogP contribution is 2.19. The number of nitrogens with zero attached hydrogens (tertiary/aromatic N) is 2. The lowest BCUT2D eigenvalue weighted by molar-refractivity contribution is -0.135. The molecule has 0 aromatic rings. The summed E-state index contributed by atoms with van der Waals surface area (Å²) in [6.07, 6.45) is 4.71. The summed E-state index contributed by atoms with van der Waals surface area (Å²) < 4.78 is 0. The summed E-state index contributed by atoms with van der Waals surface area (Å²) in [6, 6.07) is 0.0749. The van der Waals surface area contributed by atoms with Crippen LogP contribution in [0.1, 0.15) is 13.3 Å². The maximum atomic E-state index is 12.1. The topological polar surface area (TPSA) is 49.6 Å². The fourth-order valence-corrected chi connectivity index (χ4v) is 2.43. The number of rotatable bonds is 2. The van der Waals surface area contributed by atoms with Crippen LogP contribution in [0.4, 0.5) is 0 Å². The van der Waals surface area contributed by atoms with Crippen molar-refractivity contribution < 1.29 is 4.79 Å². The van der Waals surface area contributed by atoms with E-state index < -0.39 is 0 Å². The van der Waals surface area contributed by atoms with Gasteiger partial charge in [0, 0.05) is 32.2 Å². The molecular weight excluding hydrogens is 202 g/mol. The molecule has 1 aliphatic carbocycles. The fourth-order valence-electron chi connectivity index (χ4n) is 2.43. The van der Waals surface area contributed by atoms with Gasteiger partial charge >= 0.3 is 0 Å². The van der Waals surface area contributed by atoms with Gasteiger partial charge in [-0.3, -0.25) is 4.79 Å². The van der Waals surface area contributed by atoms with Crippen LogP contribution in [0.25, 0.3) is 0 Å². The highest BCUT2D eigenvalue weighted by atomic mass is 16.2. The van der Waals surface area contributed by atoms with E-state index in [0.717, 1.165) is 39.1 Å². The standard InChI is InChI=1S/C12H21N3O/c1-2-14-5-7-15(8-6-14)12(16)10-3-4-11(13)9-10/h3-4,10-11H,2,5-9,13H2,1H3. The molecule has 2 rings (SSSR count). The normalized spacial score (nSPS) is 31.0. The largest absolute Gasteiger partial charge is 0.340 e. The monoisotopic (exact) mass is 223 g/mol. The van der Waals surface area contributed by atoms with Crippen LogP contribution in [0.2, 0.25) is 0 Å². The predicted octanol–water partition coefficient (Wildman–Crippen LogP) is 0.0539. The van der Waals surface area contributed by atoms with Gasteiger partial charge in [0.1, 0.15) is 0 Å². The maximum absolute atomic E-state index is 12.1. The summed E-state index contributed by atoms with van der Waals surface area (Å²) in [4.78, 5) is 16.5. The van der Waals surface area contributed by atoms with Crippen LogP contribution in [0.5, 0.6) is 0 Å². The van der Waals surface area contributed by atoms with Crippen molar-refractivity contribution in [2.45, 2.75) is 19.4 Å². The lowest BCUT2D eigenvalue weighted by Gasteiger charge is -2.35. The molecule has 16 heavy (non-hydrogen) atoms. The van der Waals surface area contributed by atoms with Crippen LogP contribution >= 0.6 is 0 Å². The Morgan fingerprint density at radius 3 is 2.50 bits per heavy atom. The summed E-state index contributed by atoms with van der Waals surface area (Å²) in [5.41, 5.74) is 5.77. The summed E-state index contributed by atoms with van der Waals surface area (Å²) >= 11 is 0. The van der Waals surface area contributed by atoms with Crippen molar-refractivity contribution in [1.29, 1.82) is 0 Å². The number of likely N-dealkylation sites (N-methyl/N-ethyl adjacent to an activating group) is 1. The number of carbonyl (C=O) groups excluding carboxylic acids is 1. The van der Waals surface area contributed by atoms with Crippen molar-refractivity contribution in [2.75, 3.05) is 32.7 Å². The summed E-state index contributed by atoms with van der Waals surface area (Å²) in [5.74, 6) is 0.295. The minimum atomic E-state index is 0.0307. The second kappa shape index (κ2) is 4.97. The highest BCUT2D eigenvalue weighted by Gasteiger charge is 2.28. The Hall–Kier alpha value is -0.870. The Balaban J connectivity index is 1.85. The van der Waals surface area contributed by atoms with Crippen LogP contribution in [0.3, 0.4) is 0 Å². The molecule has 90 valence electrons. The molecule has 1 fully saturated rings. The van der Waals surface area contributed by atoms with Crippen molar-refractivity contribution in [1.82, 2.24) is 9.80 Å². The van der Waals surface area contributed by atoms with Crippen LogP contribution in [0.15, 0.2) is 12.2 Å². The molecular formula is C12H21N3O. The summed E-state index contributed by atoms with van der Waals surface area (Å²) in [5, 5.41) is 0. The van der Waals surface area contributed by atoms with Crippen LogP contribution in [-0.2, 0) is 4.79 Å². The van der Waals surface area contributed by atoms with E-state index in [4.69, 9.17) is 5.73 Å². The first-order valence-corrected chi connectivity index (χ1v) is 6.15. The smallest absolute Gasteiger partial charge is 0.229 e. The molecule has 4 heteroatoms. The van der Waals surface area contributed by atoms with Gasteiger partial charge in [0.2, 0.25) is 5.91 Å². The van der Waals surface area contributed by atoms with E-state index in [1.54, 1.807) is 0 Å². The first-order valence-electron chi connectivity index (χ1n) is 6.15. The molecule has 1 heterocycles. The van der Waals surface area contributed by atoms with Crippen molar-refractivity contribution in [3.8, 4) is 0 Å². The van der Waals surface area contributed by atoms with Gasteiger partial charge in [-0.05, 0) is 13.0 Å². The van der Waals surface area contributed by atoms with E-state index in [1.165, 1.54) is 0 Å². The summed E-state index contributed by atoms with van der Waals surface area (Å²) in [7, 11) is 0. The van der Waals surface area contributed by atoms with Crippen LogP contribution in [-0.4, -0.2) is 54.5 Å². The lowest BCUT2D eigenvalue weighted by atomic mass is 10.1. The molecule has 0 aromatic carbocycles. The second-order valence-corrected chi connectivity index (χ2v) is 4.65. The molecule has 1 aliphatic heterocycles. The Labute approximate surface area is 97.1 Å². The van der Waals surface area contributed by atoms with Gasteiger partial charge in [0.25, 0.3) is 0 Å². The van der Waals surface area contributed by atoms with Crippen LogP contribution < -0.4 is 5.73 Å². The SMILES string of the molecule is CCN1CCN(C(=O)C2C=CC(N)C2)CC1. The third-order valence-corrected chi connectivity index (χ3v) is 3.57. The molecule has 2 unspecified atom stereocenters. The number of piperazine rings is 1. The molecule has 2 atom stereocenters. The maximum Gasteiger partial charge on any atom is 0.229 e. The average Bonchev–Trinajstić information content (AvgIpc) is 2.75. The minimum Gasteiger partial charge on any atom is -0.340 e. The van der Waals surface area contributed by atoms with E-state index in [9.17, 15) is 4.79 Å². The highest BCUT2D eigenvalue weighted by molar-refractivity contribution is 5.81. The molecule has 2 N–H and O–H groups in total. The second-order valence-electron chi connectivity index (χ2n) is 4.65. The Bertz CT molecular complexity index is 282.